The molecule has 0 bridgehead atoms. The second-order valence-corrected chi connectivity index (χ2v) is 5.79. The third-order valence-electron chi connectivity index (χ3n) is 2.28. The first-order valence-electron chi connectivity index (χ1n) is 5.32. The van der Waals surface area contributed by atoms with Crippen LogP contribution >= 0.6 is 38.9 Å². The standard InChI is InChI=1S/C12H10BrClN2O2S/c1-18-11(17)5-8-6-19-12(15-8)16-10-3-2-7(14)4-9(10)13/h2-4,6H,5H2,1H3,(H,15,16). The highest BCUT2D eigenvalue weighted by Crippen LogP contribution is 2.29. The van der Waals surface area contributed by atoms with Gasteiger partial charge < -0.3 is 10.1 Å². The van der Waals surface area contributed by atoms with Gasteiger partial charge in [-0.1, -0.05) is 11.6 Å². The van der Waals surface area contributed by atoms with E-state index < -0.39 is 0 Å². The van der Waals surface area contributed by atoms with Gasteiger partial charge >= 0.3 is 5.97 Å². The number of aromatic nitrogens is 1. The van der Waals surface area contributed by atoms with Gasteiger partial charge in [-0.15, -0.1) is 11.3 Å². The lowest BCUT2D eigenvalue weighted by Crippen LogP contribution is -2.04. The van der Waals surface area contributed by atoms with Crippen LogP contribution in [0.2, 0.25) is 5.02 Å². The van der Waals surface area contributed by atoms with E-state index in [1.54, 1.807) is 12.1 Å². The van der Waals surface area contributed by atoms with Crippen molar-refractivity contribution in [2.24, 2.45) is 0 Å². The Morgan fingerprint density at radius 1 is 1.58 bits per heavy atom. The van der Waals surface area contributed by atoms with Crippen molar-refractivity contribution < 1.29 is 9.53 Å². The molecule has 1 N–H and O–H groups in total. The van der Waals surface area contributed by atoms with Crippen molar-refractivity contribution >= 4 is 55.7 Å². The second kappa shape index (κ2) is 6.36. The number of methoxy groups -OCH3 is 1. The molecule has 1 heterocycles. The average Bonchev–Trinajstić information content (AvgIpc) is 2.80. The van der Waals surface area contributed by atoms with Gasteiger partial charge in [0.2, 0.25) is 0 Å². The Morgan fingerprint density at radius 2 is 2.37 bits per heavy atom. The molecule has 0 aliphatic rings. The fourth-order valence-corrected chi connectivity index (χ4v) is 2.88. The minimum absolute atomic E-state index is 0.177. The Bertz CT molecular complexity index is 603. The number of thiazole rings is 1. The van der Waals surface area contributed by atoms with Gasteiger partial charge in [0, 0.05) is 14.9 Å². The zero-order valence-electron chi connectivity index (χ0n) is 9.94. The van der Waals surface area contributed by atoms with Crippen molar-refractivity contribution in [1.82, 2.24) is 4.98 Å². The van der Waals surface area contributed by atoms with Crippen LogP contribution in [0.1, 0.15) is 5.69 Å². The van der Waals surface area contributed by atoms with E-state index in [1.807, 2.05) is 11.4 Å². The Morgan fingerprint density at radius 3 is 3.05 bits per heavy atom. The molecule has 2 rings (SSSR count). The van der Waals surface area contributed by atoms with Gasteiger partial charge in [-0.05, 0) is 34.1 Å². The van der Waals surface area contributed by atoms with Gasteiger partial charge in [-0.2, -0.15) is 0 Å². The molecule has 4 nitrogen and oxygen atoms in total. The van der Waals surface area contributed by atoms with Crippen molar-refractivity contribution in [3.63, 3.8) is 0 Å². The number of carbonyl (C=O) groups is 1. The van der Waals surface area contributed by atoms with Gasteiger partial charge in [-0.3, -0.25) is 4.79 Å². The molecular formula is C12H10BrClN2O2S. The molecule has 0 spiro atoms. The van der Waals surface area contributed by atoms with Gasteiger partial charge in [-0.25, -0.2) is 4.98 Å². The number of ether oxygens (including phenoxy) is 1. The molecule has 0 aliphatic carbocycles. The van der Waals surface area contributed by atoms with Crippen LogP contribution < -0.4 is 5.32 Å². The fourth-order valence-electron chi connectivity index (χ4n) is 1.37. The van der Waals surface area contributed by atoms with E-state index in [9.17, 15) is 4.79 Å². The summed E-state index contributed by atoms with van der Waals surface area (Å²) in [6.07, 6.45) is 0.177. The van der Waals surface area contributed by atoms with Gasteiger partial charge in [0.1, 0.15) is 0 Å². The third-order valence-corrected chi connectivity index (χ3v) is 3.98. The SMILES string of the molecule is COC(=O)Cc1csc(Nc2ccc(Cl)cc2Br)n1. The minimum atomic E-state index is -0.301. The number of hydrogen-bond acceptors (Lipinski definition) is 5. The highest BCUT2D eigenvalue weighted by atomic mass is 79.9. The summed E-state index contributed by atoms with van der Waals surface area (Å²) in [4.78, 5) is 15.4. The third kappa shape index (κ3) is 3.92. The molecule has 100 valence electrons. The highest BCUT2D eigenvalue weighted by Gasteiger charge is 2.09. The Balaban J connectivity index is 2.09. The summed E-state index contributed by atoms with van der Waals surface area (Å²) in [6.45, 7) is 0. The number of carbonyl (C=O) groups excluding carboxylic acids is 1. The number of esters is 1. The largest absolute Gasteiger partial charge is 0.469 e. The summed E-state index contributed by atoms with van der Waals surface area (Å²) in [6, 6.07) is 5.44. The Kier molecular flexibility index (Phi) is 4.79. The number of nitrogens with zero attached hydrogens (tertiary/aromatic N) is 1. The number of hydrogen-bond donors (Lipinski definition) is 1. The smallest absolute Gasteiger partial charge is 0.311 e. The molecule has 0 saturated heterocycles. The molecule has 0 atom stereocenters. The number of benzene rings is 1. The van der Waals surface area contributed by atoms with Crippen molar-refractivity contribution in [2.75, 3.05) is 12.4 Å². The first-order chi connectivity index (χ1) is 9.08. The number of nitrogens with one attached hydrogen (secondary N) is 1. The molecule has 0 unspecified atom stereocenters. The maximum Gasteiger partial charge on any atom is 0.311 e. The summed E-state index contributed by atoms with van der Waals surface area (Å²) in [7, 11) is 1.36. The van der Waals surface area contributed by atoms with E-state index >= 15 is 0 Å². The normalized spacial score (nSPS) is 10.3. The van der Waals surface area contributed by atoms with Crippen molar-refractivity contribution in [2.45, 2.75) is 6.42 Å². The van der Waals surface area contributed by atoms with Crippen LogP contribution in [0, 0.1) is 0 Å². The highest BCUT2D eigenvalue weighted by molar-refractivity contribution is 9.10. The van der Waals surface area contributed by atoms with E-state index in [1.165, 1.54) is 18.4 Å². The van der Waals surface area contributed by atoms with Gasteiger partial charge in [0.25, 0.3) is 0 Å². The van der Waals surface area contributed by atoms with Crippen molar-refractivity contribution in [1.29, 1.82) is 0 Å². The summed E-state index contributed by atoms with van der Waals surface area (Å²) in [5, 5.41) is 6.35. The Labute approximate surface area is 127 Å². The van der Waals surface area contributed by atoms with Gasteiger partial charge in [0.15, 0.2) is 5.13 Å². The van der Waals surface area contributed by atoms with Crippen molar-refractivity contribution in [3.05, 3.63) is 38.8 Å². The molecule has 0 amide bonds. The summed E-state index contributed by atoms with van der Waals surface area (Å²) in [5.41, 5.74) is 1.55. The van der Waals surface area contributed by atoms with Crippen molar-refractivity contribution in [3.8, 4) is 0 Å². The fraction of sp³-hybridized carbons (Fsp3) is 0.167. The van der Waals surface area contributed by atoms with Crippen LogP contribution in [-0.4, -0.2) is 18.1 Å². The predicted molar refractivity (Wildman–Crippen MR) is 80.3 cm³/mol. The maximum absolute atomic E-state index is 11.1. The first kappa shape index (κ1) is 14.3. The first-order valence-corrected chi connectivity index (χ1v) is 7.37. The molecular weight excluding hydrogens is 352 g/mol. The van der Waals surface area contributed by atoms with E-state index in [-0.39, 0.29) is 12.4 Å². The summed E-state index contributed by atoms with van der Waals surface area (Å²) < 4.78 is 5.45. The molecule has 0 fully saturated rings. The molecule has 1 aromatic heterocycles. The number of rotatable bonds is 4. The predicted octanol–water partition coefficient (Wildman–Crippen LogP) is 4.02. The minimum Gasteiger partial charge on any atom is -0.469 e. The molecule has 0 saturated carbocycles. The maximum atomic E-state index is 11.1. The van der Waals surface area contributed by atoms with Crippen LogP contribution in [0.25, 0.3) is 0 Å². The zero-order chi connectivity index (χ0) is 13.8. The topological polar surface area (TPSA) is 51.2 Å². The lowest BCUT2D eigenvalue weighted by Gasteiger charge is -2.05. The average molecular weight is 362 g/mol. The molecule has 19 heavy (non-hydrogen) atoms. The zero-order valence-corrected chi connectivity index (χ0v) is 13.1. The molecule has 0 radical (unpaired) electrons. The van der Waals surface area contributed by atoms with Crippen LogP contribution in [-0.2, 0) is 16.0 Å². The second-order valence-electron chi connectivity index (χ2n) is 3.65. The van der Waals surface area contributed by atoms with Crippen LogP contribution in [0.4, 0.5) is 10.8 Å². The Hall–Kier alpha value is -1.11. The van der Waals surface area contributed by atoms with E-state index in [0.717, 1.165) is 10.2 Å². The summed E-state index contributed by atoms with van der Waals surface area (Å²) >= 11 is 10.7. The summed E-state index contributed by atoms with van der Waals surface area (Å²) in [5.74, 6) is -0.301. The molecule has 2 aromatic rings. The van der Waals surface area contributed by atoms with E-state index in [0.29, 0.717) is 15.8 Å². The van der Waals surface area contributed by atoms with Crippen LogP contribution in [0.15, 0.2) is 28.1 Å². The van der Waals surface area contributed by atoms with Crippen LogP contribution in [0.5, 0.6) is 0 Å². The van der Waals surface area contributed by atoms with E-state index in [2.05, 4.69) is 31.0 Å². The van der Waals surface area contributed by atoms with Gasteiger partial charge in [0.05, 0.1) is 24.9 Å². The molecule has 0 aliphatic heterocycles. The molecule has 1 aromatic carbocycles. The molecule has 7 heteroatoms. The lowest BCUT2D eigenvalue weighted by atomic mass is 10.3. The van der Waals surface area contributed by atoms with E-state index in [4.69, 9.17) is 11.6 Å². The monoisotopic (exact) mass is 360 g/mol. The number of halogens is 2. The van der Waals surface area contributed by atoms with Crippen LogP contribution in [0.3, 0.4) is 0 Å². The lowest BCUT2D eigenvalue weighted by molar-refractivity contribution is -0.139. The number of anilines is 2. The quantitative estimate of drug-likeness (QED) is 0.836.